The molecule has 2 aromatic rings. The van der Waals surface area contributed by atoms with Gasteiger partial charge in [-0.15, -0.1) is 0 Å². The van der Waals surface area contributed by atoms with Crippen LogP contribution in [0.2, 0.25) is 0 Å². The average Bonchev–Trinajstić information content (AvgIpc) is 2.60. The summed E-state index contributed by atoms with van der Waals surface area (Å²) < 4.78 is 11.1. The molecule has 26 heavy (non-hydrogen) atoms. The number of nitro benzene ring substituents is 1. The summed E-state index contributed by atoms with van der Waals surface area (Å²) in [7, 11) is 0. The van der Waals surface area contributed by atoms with Gasteiger partial charge in [-0.1, -0.05) is 32.0 Å². The highest BCUT2D eigenvalue weighted by molar-refractivity contribution is 5.94. The third kappa shape index (κ3) is 5.47. The van der Waals surface area contributed by atoms with E-state index in [1.807, 2.05) is 19.9 Å². The minimum Gasteiger partial charge on any atom is -0.493 e. The predicted molar refractivity (Wildman–Crippen MR) is 98.6 cm³/mol. The van der Waals surface area contributed by atoms with E-state index in [4.69, 9.17) is 9.47 Å². The van der Waals surface area contributed by atoms with Gasteiger partial charge in [-0.3, -0.25) is 14.9 Å². The van der Waals surface area contributed by atoms with E-state index in [9.17, 15) is 14.9 Å². The highest BCUT2D eigenvalue weighted by atomic mass is 16.6. The van der Waals surface area contributed by atoms with Crippen LogP contribution in [-0.2, 0) is 4.79 Å². The first-order chi connectivity index (χ1) is 12.4. The number of amides is 1. The van der Waals surface area contributed by atoms with E-state index < -0.39 is 16.9 Å². The summed E-state index contributed by atoms with van der Waals surface area (Å²) in [5.74, 6) is 0.686. The van der Waals surface area contributed by atoms with Crippen molar-refractivity contribution in [1.82, 2.24) is 0 Å². The Hall–Kier alpha value is -3.09. The summed E-state index contributed by atoms with van der Waals surface area (Å²) in [6.07, 6.45) is -0.906. The van der Waals surface area contributed by atoms with Gasteiger partial charge in [-0.2, -0.15) is 0 Å². The Balaban J connectivity index is 2.01. The molecule has 0 saturated heterocycles. The van der Waals surface area contributed by atoms with E-state index in [-0.39, 0.29) is 11.4 Å². The molecule has 0 bridgehead atoms. The van der Waals surface area contributed by atoms with E-state index in [2.05, 4.69) is 5.32 Å². The molecule has 0 spiro atoms. The van der Waals surface area contributed by atoms with E-state index in [1.54, 1.807) is 30.3 Å². The van der Waals surface area contributed by atoms with E-state index >= 15 is 0 Å². The normalized spacial score (nSPS) is 11.7. The monoisotopic (exact) mass is 358 g/mol. The minimum atomic E-state index is -0.906. The maximum atomic E-state index is 12.3. The molecule has 7 heteroatoms. The molecule has 0 fully saturated rings. The Bertz CT molecular complexity index is 776. The zero-order valence-corrected chi connectivity index (χ0v) is 15.0. The molecular weight excluding hydrogens is 336 g/mol. The summed E-state index contributed by atoms with van der Waals surface area (Å²) in [6, 6.07) is 13.0. The Kier molecular flexibility index (Phi) is 6.54. The van der Waals surface area contributed by atoms with Crippen molar-refractivity contribution < 1.29 is 19.2 Å². The fourth-order valence-corrected chi connectivity index (χ4v) is 2.12. The Morgan fingerprint density at radius 2 is 1.88 bits per heavy atom. The zero-order chi connectivity index (χ0) is 19.1. The standard InChI is InChI=1S/C19H22N2O5/c1-13(2)12-25-16-8-6-7-15(11-16)20-19(22)14(3)26-18-10-5-4-9-17(18)21(23)24/h4-11,13-14H,12H2,1-3H3,(H,20,22). The molecule has 138 valence electrons. The SMILES string of the molecule is CC(C)COc1cccc(NC(=O)C(C)Oc2ccccc2[N+](=O)[O-])c1. The summed E-state index contributed by atoms with van der Waals surface area (Å²) in [5, 5.41) is 13.7. The molecule has 0 aromatic heterocycles. The predicted octanol–water partition coefficient (Wildman–Crippen LogP) is 4.04. The lowest BCUT2D eigenvalue weighted by Gasteiger charge is -2.15. The van der Waals surface area contributed by atoms with Gasteiger partial charge in [0.15, 0.2) is 11.9 Å². The first kappa shape index (κ1) is 19.2. The molecule has 0 saturated carbocycles. The molecule has 0 aliphatic carbocycles. The summed E-state index contributed by atoms with van der Waals surface area (Å²) in [5.41, 5.74) is 0.380. The van der Waals surface area contributed by atoms with Crippen molar-refractivity contribution in [2.24, 2.45) is 5.92 Å². The molecule has 1 atom stereocenters. The van der Waals surface area contributed by atoms with Gasteiger partial charge in [0.25, 0.3) is 5.91 Å². The second kappa shape index (κ2) is 8.84. The van der Waals surface area contributed by atoms with Gasteiger partial charge in [0, 0.05) is 17.8 Å². The van der Waals surface area contributed by atoms with Gasteiger partial charge < -0.3 is 14.8 Å². The quantitative estimate of drug-likeness (QED) is 0.568. The molecule has 2 rings (SSSR count). The zero-order valence-electron chi connectivity index (χ0n) is 15.0. The van der Waals surface area contributed by atoms with Crippen LogP contribution >= 0.6 is 0 Å². The maximum absolute atomic E-state index is 12.3. The van der Waals surface area contributed by atoms with Gasteiger partial charge in [0.05, 0.1) is 11.5 Å². The maximum Gasteiger partial charge on any atom is 0.310 e. The van der Waals surface area contributed by atoms with Crippen LogP contribution in [0.5, 0.6) is 11.5 Å². The van der Waals surface area contributed by atoms with Crippen molar-refractivity contribution in [3.05, 3.63) is 58.6 Å². The van der Waals surface area contributed by atoms with Crippen LogP contribution < -0.4 is 14.8 Å². The third-order valence-electron chi connectivity index (χ3n) is 3.42. The average molecular weight is 358 g/mol. The molecule has 1 amide bonds. The highest BCUT2D eigenvalue weighted by Gasteiger charge is 2.20. The summed E-state index contributed by atoms with van der Waals surface area (Å²) >= 11 is 0. The van der Waals surface area contributed by atoms with Crippen LogP contribution in [0.15, 0.2) is 48.5 Å². The molecule has 0 radical (unpaired) electrons. The Labute approximate surface area is 152 Å². The number of nitro groups is 1. The largest absolute Gasteiger partial charge is 0.493 e. The van der Waals surface area contributed by atoms with Gasteiger partial charge in [0.1, 0.15) is 5.75 Å². The number of nitrogens with zero attached hydrogens (tertiary/aromatic N) is 1. The molecule has 0 aliphatic heterocycles. The molecule has 0 heterocycles. The fraction of sp³-hybridized carbons (Fsp3) is 0.316. The number of carbonyl (C=O) groups excluding carboxylic acids is 1. The van der Waals surface area contributed by atoms with Crippen LogP contribution in [-0.4, -0.2) is 23.5 Å². The molecule has 2 aromatic carbocycles. The van der Waals surface area contributed by atoms with E-state index in [0.717, 1.165) is 0 Å². The Morgan fingerprint density at radius 3 is 2.58 bits per heavy atom. The van der Waals surface area contributed by atoms with Gasteiger partial charge >= 0.3 is 5.69 Å². The first-order valence-electron chi connectivity index (χ1n) is 8.30. The van der Waals surface area contributed by atoms with Crippen molar-refractivity contribution in [3.8, 4) is 11.5 Å². The van der Waals surface area contributed by atoms with E-state index in [0.29, 0.717) is 24.0 Å². The lowest BCUT2D eigenvalue weighted by Crippen LogP contribution is -2.30. The van der Waals surface area contributed by atoms with Crippen molar-refractivity contribution in [2.75, 3.05) is 11.9 Å². The topological polar surface area (TPSA) is 90.7 Å². The van der Waals surface area contributed by atoms with Crippen molar-refractivity contribution in [3.63, 3.8) is 0 Å². The van der Waals surface area contributed by atoms with Crippen molar-refractivity contribution >= 4 is 17.3 Å². The number of nitrogens with one attached hydrogen (secondary N) is 1. The molecule has 7 nitrogen and oxygen atoms in total. The summed E-state index contributed by atoms with van der Waals surface area (Å²) in [6.45, 7) is 6.21. The third-order valence-corrected chi connectivity index (χ3v) is 3.42. The lowest BCUT2D eigenvalue weighted by molar-refractivity contribution is -0.386. The first-order valence-corrected chi connectivity index (χ1v) is 8.30. The molecule has 1 N–H and O–H groups in total. The minimum absolute atomic E-state index is 0.0502. The smallest absolute Gasteiger partial charge is 0.310 e. The van der Waals surface area contributed by atoms with Crippen LogP contribution in [0.25, 0.3) is 0 Å². The van der Waals surface area contributed by atoms with Crippen molar-refractivity contribution in [1.29, 1.82) is 0 Å². The number of anilines is 1. The van der Waals surface area contributed by atoms with Crippen molar-refractivity contribution in [2.45, 2.75) is 26.9 Å². The number of benzene rings is 2. The number of para-hydroxylation sites is 2. The highest BCUT2D eigenvalue weighted by Crippen LogP contribution is 2.27. The van der Waals surface area contributed by atoms with Gasteiger partial charge in [-0.25, -0.2) is 0 Å². The number of carbonyl (C=O) groups is 1. The number of hydrogen-bond acceptors (Lipinski definition) is 5. The molecule has 0 aliphatic rings. The second-order valence-corrected chi connectivity index (χ2v) is 6.21. The number of hydrogen-bond donors (Lipinski definition) is 1. The molecule has 1 unspecified atom stereocenters. The van der Waals surface area contributed by atoms with Crippen LogP contribution in [0, 0.1) is 16.0 Å². The Morgan fingerprint density at radius 1 is 1.15 bits per heavy atom. The van der Waals surface area contributed by atoms with Gasteiger partial charge in [-0.05, 0) is 31.0 Å². The van der Waals surface area contributed by atoms with Crippen LogP contribution in [0.3, 0.4) is 0 Å². The number of ether oxygens (including phenoxy) is 2. The fourth-order valence-electron chi connectivity index (χ4n) is 2.12. The van der Waals surface area contributed by atoms with Crippen LogP contribution in [0.1, 0.15) is 20.8 Å². The van der Waals surface area contributed by atoms with E-state index in [1.165, 1.54) is 19.1 Å². The lowest BCUT2D eigenvalue weighted by atomic mass is 10.2. The van der Waals surface area contributed by atoms with Crippen LogP contribution in [0.4, 0.5) is 11.4 Å². The summed E-state index contributed by atoms with van der Waals surface area (Å²) in [4.78, 5) is 22.8. The number of rotatable bonds is 8. The second-order valence-electron chi connectivity index (χ2n) is 6.21. The molecular formula is C19H22N2O5. The van der Waals surface area contributed by atoms with Gasteiger partial charge in [0.2, 0.25) is 0 Å².